The predicted molar refractivity (Wildman–Crippen MR) is 173 cm³/mol. The maximum Gasteiger partial charge on any atom is 0.264 e. The SMILES string of the molecule is CC[C@H](C(=O)NC(C)(C)C)N(Cc1c(Cl)cccc1Cl)C(=O)CN(c1cc(Cl)ccc1OC)S(=O)(=O)c1ccc(C)cc1. The second-order valence-corrected chi connectivity index (χ2v) is 14.1. The quantitative estimate of drug-likeness (QED) is 0.240. The van der Waals surface area contributed by atoms with Crippen molar-refractivity contribution in [3.63, 3.8) is 0 Å². The molecule has 0 saturated carbocycles. The number of carbonyl (C=O) groups is 2. The number of rotatable bonds is 11. The highest BCUT2D eigenvalue weighted by Crippen LogP contribution is 2.35. The summed E-state index contributed by atoms with van der Waals surface area (Å²) in [6.07, 6.45) is 0.237. The van der Waals surface area contributed by atoms with Crippen molar-refractivity contribution in [2.45, 2.75) is 64.1 Å². The second kappa shape index (κ2) is 14.2. The molecule has 1 atom stereocenters. The molecular formula is C31H36Cl3N3O5S. The van der Waals surface area contributed by atoms with Gasteiger partial charge in [-0.2, -0.15) is 0 Å². The van der Waals surface area contributed by atoms with Crippen molar-refractivity contribution in [3.05, 3.63) is 86.9 Å². The number of nitrogens with zero attached hydrogens (tertiary/aromatic N) is 2. The lowest BCUT2D eigenvalue weighted by Gasteiger charge is -2.35. The summed E-state index contributed by atoms with van der Waals surface area (Å²) < 4.78 is 34.7. The first-order valence-electron chi connectivity index (χ1n) is 13.6. The molecule has 1 N–H and O–H groups in total. The zero-order valence-corrected chi connectivity index (χ0v) is 28.0. The van der Waals surface area contributed by atoms with Crippen LogP contribution in [-0.4, -0.2) is 50.4 Å². The molecular weight excluding hydrogens is 633 g/mol. The molecule has 8 nitrogen and oxygen atoms in total. The van der Waals surface area contributed by atoms with Crippen LogP contribution >= 0.6 is 34.8 Å². The minimum Gasteiger partial charge on any atom is -0.495 e. The van der Waals surface area contributed by atoms with Gasteiger partial charge < -0.3 is 15.0 Å². The second-order valence-electron chi connectivity index (χ2n) is 11.0. The van der Waals surface area contributed by atoms with Gasteiger partial charge in [0.1, 0.15) is 18.3 Å². The van der Waals surface area contributed by atoms with E-state index in [1.165, 1.54) is 36.3 Å². The molecule has 3 aromatic rings. The number of ether oxygens (including phenoxy) is 1. The Kier molecular flexibility index (Phi) is 11.4. The van der Waals surface area contributed by atoms with E-state index in [2.05, 4.69) is 5.32 Å². The molecule has 0 aliphatic heterocycles. The number of benzene rings is 3. The molecule has 12 heteroatoms. The van der Waals surface area contributed by atoms with Crippen LogP contribution in [0.1, 0.15) is 45.2 Å². The van der Waals surface area contributed by atoms with Crippen molar-refractivity contribution in [1.82, 2.24) is 10.2 Å². The van der Waals surface area contributed by atoms with E-state index in [0.717, 1.165) is 9.87 Å². The van der Waals surface area contributed by atoms with Crippen molar-refractivity contribution >= 4 is 62.3 Å². The smallest absolute Gasteiger partial charge is 0.264 e. The van der Waals surface area contributed by atoms with Gasteiger partial charge in [0.25, 0.3) is 10.0 Å². The number of hydrogen-bond donors (Lipinski definition) is 1. The monoisotopic (exact) mass is 667 g/mol. The predicted octanol–water partition coefficient (Wildman–Crippen LogP) is 6.88. The average Bonchev–Trinajstić information content (AvgIpc) is 2.92. The number of sulfonamides is 1. The molecule has 0 radical (unpaired) electrons. The maximum absolute atomic E-state index is 14.3. The Morgan fingerprint density at radius 1 is 0.977 bits per heavy atom. The van der Waals surface area contributed by atoms with Crippen molar-refractivity contribution in [2.75, 3.05) is 18.0 Å². The van der Waals surface area contributed by atoms with E-state index in [1.807, 2.05) is 27.7 Å². The third-order valence-electron chi connectivity index (χ3n) is 6.57. The van der Waals surface area contributed by atoms with Gasteiger partial charge in [0.05, 0.1) is 17.7 Å². The van der Waals surface area contributed by atoms with Crippen LogP contribution in [0.15, 0.2) is 65.6 Å². The normalized spacial score (nSPS) is 12.4. The van der Waals surface area contributed by atoms with Crippen molar-refractivity contribution < 1.29 is 22.7 Å². The third kappa shape index (κ3) is 8.56. The van der Waals surface area contributed by atoms with Gasteiger partial charge in [-0.25, -0.2) is 8.42 Å². The van der Waals surface area contributed by atoms with Crippen LogP contribution in [0.2, 0.25) is 15.1 Å². The van der Waals surface area contributed by atoms with E-state index < -0.39 is 40.0 Å². The number of aryl methyl sites for hydroxylation is 1. The third-order valence-corrected chi connectivity index (χ3v) is 9.29. The van der Waals surface area contributed by atoms with E-state index in [1.54, 1.807) is 43.3 Å². The van der Waals surface area contributed by atoms with Gasteiger partial charge >= 0.3 is 0 Å². The molecule has 0 spiro atoms. The van der Waals surface area contributed by atoms with E-state index in [4.69, 9.17) is 39.5 Å². The molecule has 0 aliphatic rings. The van der Waals surface area contributed by atoms with E-state index in [0.29, 0.717) is 15.6 Å². The molecule has 232 valence electrons. The molecule has 3 aromatic carbocycles. The average molecular weight is 669 g/mol. The number of amides is 2. The molecule has 0 bridgehead atoms. The highest BCUT2D eigenvalue weighted by Gasteiger charge is 2.36. The summed E-state index contributed by atoms with van der Waals surface area (Å²) in [7, 11) is -2.94. The van der Waals surface area contributed by atoms with E-state index in [-0.39, 0.29) is 34.3 Å². The fourth-order valence-electron chi connectivity index (χ4n) is 4.43. The lowest BCUT2D eigenvalue weighted by Crippen LogP contribution is -2.55. The van der Waals surface area contributed by atoms with Gasteiger partial charge in [-0.3, -0.25) is 13.9 Å². The lowest BCUT2D eigenvalue weighted by molar-refractivity contribution is -0.141. The van der Waals surface area contributed by atoms with Gasteiger partial charge in [-0.15, -0.1) is 0 Å². The standard InChI is InChI=1S/C31H36Cl3N3O5S/c1-7-26(30(39)35-31(3,4)5)36(18-23-24(33)9-8-10-25(23)34)29(38)19-37(27-17-21(32)13-16-28(27)42-6)43(40,41)22-14-11-20(2)12-15-22/h8-17,26H,7,18-19H2,1-6H3,(H,35,39)/t26-/m1/s1. The summed E-state index contributed by atoms with van der Waals surface area (Å²) in [4.78, 5) is 29.1. The van der Waals surface area contributed by atoms with E-state index in [9.17, 15) is 18.0 Å². The zero-order valence-electron chi connectivity index (χ0n) is 24.9. The van der Waals surface area contributed by atoms with Crippen LogP contribution < -0.4 is 14.4 Å². The lowest BCUT2D eigenvalue weighted by atomic mass is 10.1. The largest absolute Gasteiger partial charge is 0.495 e. The zero-order chi connectivity index (χ0) is 32.1. The van der Waals surface area contributed by atoms with Gasteiger partial charge in [-0.05, 0) is 76.6 Å². The minimum absolute atomic E-state index is 0.0360. The van der Waals surface area contributed by atoms with Crippen LogP contribution in [-0.2, 0) is 26.2 Å². The molecule has 0 saturated heterocycles. The summed E-state index contributed by atoms with van der Waals surface area (Å²) in [5.41, 5.74) is 0.762. The Morgan fingerprint density at radius 3 is 2.12 bits per heavy atom. The minimum atomic E-state index is -4.32. The fourth-order valence-corrected chi connectivity index (χ4v) is 6.53. The van der Waals surface area contributed by atoms with Crippen LogP contribution in [0.4, 0.5) is 5.69 Å². The Hall–Kier alpha value is -2.98. The summed E-state index contributed by atoms with van der Waals surface area (Å²) in [6, 6.07) is 14.7. The van der Waals surface area contributed by atoms with Crippen LogP contribution in [0.3, 0.4) is 0 Å². The van der Waals surface area contributed by atoms with E-state index >= 15 is 0 Å². The number of carbonyl (C=O) groups excluding carboxylic acids is 2. The van der Waals surface area contributed by atoms with Crippen LogP contribution in [0.25, 0.3) is 0 Å². The maximum atomic E-state index is 14.3. The fraction of sp³-hybridized carbons (Fsp3) is 0.355. The number of halogens is 3. The highest BCUT2D eigenvalue weighted by molar-refractivity contribution is 7.92. The Balaban J connectivity index is 2.18. The first-order valence-corrected chi connectivity index (χ1v) is 16.1. The van der Waals surface area contributed by atoms with Gasteiger partial charge in [0.2, 0.25) is 11.8 Å². The first-order chi connectivity index (χ1) is 20.1. The number of hydrogen-bond acceptors (Lipinski definition) is 5. The molecule has 0 aliphatic carbocycles. The van der Waals surface area contributed by atoms with Crippen LogP contribution in [0.5, 0.6) is 5.75 Å². The van der Waals surface area contributed by atoms with Gasteiger partial charge in [0, 0.05) is 32.7 Å². The molecule has 3 rings (SSSR count). The summed E-state index contributed by atoms with van der Waals surface area (Å²) in [5.74, 6) is -0.879. The first kappa shape index (κ1) is 34.5. The van der Waals surface area contributed by atoms with Crippen molar-refractivity contribution in [1.29, 1.82) is 0 Å². The molecule has 2 amide bonds. The van der Waals surface area contributed by atoms with Gasteiger partial charge in [-0.1, -0.05) is 65.5 Å². The molecule has 0 aromatic heterocycles. The highest BCUT2D eigenvalue weighted by atomic mass is 35.5. The molecule has 0 heterocycles. The molecule has 0 fully saturated rings. The Bertz CT molecular complexity index is 1550. The summed E-state index contributed by atoms with van der Waals surface area (Å²) >= 11 is 19.2. The summed E-state index contributed by atoms with van der Waals surface area (Å²) in [6.45, 7) is 8.28. The Morgan fingerprint density at radius 2 is 1.58 bits per heavy atom. The summed E-state index contributed by atoms with van der Waals surface area (Å²) in [5, 5.41) is 3.77. The van der Waals surface area contributed by atoms with Crippen molar-refractivity contribution in [2.24, 2.45) is 0 Å². The number of anilines is 1. The van der Waals surface area contributed by atoms with Gasteiger partial charge in [0.15, 0.2) is 0 Å². The number of methoxy groups -OCH3 is 1. The topological polar surface area (TPSA) is 96.0 Å². The van der Waals surface area contributed by atoms with Crippen LogP contribution in [0, 0.1) is 6.92 Å². The molecule has 0 unspecified atom stereocenters. The molecule has 43 heavy (non-hydrogen) atoms. The van der Waals surface area contributed by atoms with Crippen molar-refractivity contribution in [3.8, 4) is 5.75 Å². The number of nitrogens with one attached hydrogen (secondary N) is 1. The Labute approximate surface area is 268 Å².